The van der Waals surface area contributed by atoms with Crippen molar-refractivity contribution in [1.82, 2.24) is 15.0 Å². The van der Waals surface area contributed by atoms with Crippen molar-refractivity contribution < 1.29 is 1.37 Å². The van der Waals surface area contributed by atoms with Crippen molar-refractivity contribution in [3.05, 3.63) is 65.1 Å². The second kappa shape index (κ2) is 7.84. The van der Waals surface area contributed by atoms with E-state index in [0.717, 1.165) is 49.9 Å². The van der Waals surface area contributed by atoms with Gasteiger partial charge in [0.1, 0.15) is 7.67 Å². The van der Waals surface area contributed by atoms with Crippen LogP contribution in [-0.4, -0.2) is 15.0 Å². The summed E-state index contributed by atoms with van der Waals surface area (Å²) in [5, 5.41) is 2.22. The highest BCUT2D eigenvalue weighted by atomic mass is 32.1. The fourth-order valence-electron chi connectivity index (χ4n) is 4.77. The Morgan fingerprint density at radius 2 is 1.65 bits per heavy atom. The molecular weight excluding hydrogens is 434 g/mol. The van der Waals surface area contributed by atoms with Gasteiger partial charge >= 0.3 is 0 Å². The summed E-state index contributed by atoms with van der Waals surface area (Å²) in [6.45, 7) is 17.8. The van der Waals surface area contributed by atoms with Crippen molar-refractivity contribution >= 4 is 42.5 Å². The average Bonchev–Trinajstić information content (AvgIpc) is 3.12. The number of aryl methyl sites for hydroxylation is 2. The fraction of sp³-hybridized carbons (Fsp3) is 0.367. The molecule has 0 aliphatic heterocycles. The molecule has 0 atom stereocenters. The van der Waals surface area contributed by atoms with Crippen molar-refractivity contribution in [3.8, 4) is 11.3 Å². The maximum Gasteiger partial charge on any atom is 0.116 e. The Bertz CT molecular complexity index is 1620. The summed E-state index contributed by atoms with van der Waals surface area (Å²) in [6.07, 6.45) is 1.08. The first-order valence-electron chi connectivity index (χ1n) is 12.4. The molecular formula is C30H33N3S. The Kier molecular flexibility index (Phi) is 5.00. The van der Waals surface area contributed by atoms with Gasteiger partial charge in [0.25, 0.3) is 0 Å². The Hall–Kier alpha value is -2.85. The first-order chi connectivity index (χ1) is 16.3. The zero-order valence-electron chi connectivity index (χ0n) is 22.4. The molecule has 0 N–H and O–H groups in total. The van der Waals surface area contributed by atoms with Crippen LogP contribution in [0.2, 0.25) is 0 Å². The molecule has 0 bridgehead atoms. The third kappa shape index (κ3) is 3.98. The molecule has 174 valence electrons. The molecule has 0 unspecified atom stereocenters. The first kappa shape index (κ1) is 21.7. The minimum absolute atomic E-state index is 0.0584. The molecule has 3 aromatic heterocycles. The van der Waals surface area contributed by atoms with E-state index >= 15 is 0 Å². The molecule has 0 saturated carbocycles. The van der Waals surface area contributed by atoms with Crippen LogP contribution >= 0.6 is 11.3 Å². The summed E-state index contributed by atoms with van der Waals surface area (Å²) < 4.78 is 10.7. The minimum atomic E-state index is -0.0798. The lowest BCUT2D eigenvalue weighted by molar-refractivity contribution is 0.410. The Morgan fingerprint density at radius 3 is 2.35 bits per heavy atom. The highest BCUT2D eigenvalue weighted by Crippen LogP contribution is 2.42. The molecule has 2 aromatic carbocycles. The number of thiophene rings is 1. The normalized spacial score (nSPS) is 13.2. The number of hydrogen-bond donors (Lipinski definition) is 0. The molecule has 3 heterocycles. The van der Waals surface area contributed by atoms with E-state index < -0.39 is 0 Å². The van der Waals surface area contributed by atoms with Crippen LogP contribution in [0.3, 0.4) is 0 Å². The van der Waals surface area contributed by atoms with Gasteiger partial charge in [-0.1, -0.05) is 59.7 Å². The van der Waals surface area contributed by atoms with Gasteiger partial charge in [-0.25, -0.2) is 9.97 Å². The van der Waals surface area contributed by atoms with Crippen LogP contribution < -0.4 is 0 Å². The lowest BCUT2D eigenvalue weighted by Crippen LogP contribution is -2.13. The van der Waals surface area contributed by atoms with E-state index in [1.807, 2.05) is 6.92 Å². The summed E-state index contributed by atoms with van der Waals surface area (Å²) in [7, 11) is 0. The summed E-state index contributed by atoms with van der Waals surface area (Å²) in [6, 6.07) is 13.0. The second-order valence-electron chi connectivity index (χ2n) is 11.7. The molecule has 0 aliphatic carbocycles. The van der Waals surface area contributed by atoms with Gasteiger partial charge < -0.3 is 0 Å². The van der Waals surface area contributed by atoms with Gasteiger partial charge in [-0.05, 0) is 66.0 Å². The SMILES string of the molecule is [2H]c1nc(-c2cc(C(C)(C)C)c3nc(C)ccc3c2)c2sc3c(C)c(CC(C)(C)C)ccc3c2n1. The third-order valence-corrected chi connectivity index (χ3v) is 7.79. The molecule has 3 nitrogen and oxygen atoms in total. The van der Waals surface area contributed by atoms with E-state index in [2.05, 4.69) is 94.8 Å². The monoisotopic (exact) mass is 468 g/mol. The van der Waals surface area contributed by atoms with E-state index in [4.69, 9.17) is 6.35 Å². The quantitative estimate of drug-likeness (QED) is 0.260. The molecule has 0 aliphatic rings. The van der Waals surface area contributed by atoms with E-state index in [0.29, 0.717) is 0 Å². The van der Waals surface area contributed by atoms with Crippen LogP contribution in [-0.2, 0) is 11.8 Å². The van der Waals surface area contributed by atoms with Gasteiger partial charge in [0.2, 0.25) is 0 Å². The third-order valence-electron chi connectivity index (χ3n) is 6.46. The van der Waals surface area contributed by atoms with Gasteiger partial charge in [0.05, 0.1) is 21.4 Å². The van der Waals surface area contributed by atoms with Crippen LogP contribution in [0.1, 0.15) is 65.3 Å². The zero-order chi connectivity index (χ0) is 25.3. The predicted octanol–water partition coefficient (Wildman–Crippen LogP) is 8.56. The maximum atomic E-state index is 8.43. The van der Waals surface area contributed by atoms with Crippen molar-refractivity contribution in [2.45, 2.75) is 67.2 Å². The maximum absolute atomic E-state index is 8.43. The van der Waals surface area contributed by atoms with Crippen LogP contribution in [0.15, 0.2) is 42.7 Å². The molecule has 5 aromatic rings. The number of pyridine rings is 1. The number of fused-ring (bicyclic) bond motifs is 4. The molecule has 5 rings (SSSR count). The zero-order valence-corrected chi connectivity index (χ0v) is 22.2. The van der Waals surface area contributed by atoms with Gasteiger partial charge in [0, 0.05) is 26.7 Å². The van der Waals surface area contributed by atoms with E-state index in [1.54, 1.807) is 11.3 Å². The van der Waals surface area contributed by atoms with Crippen molar-refractivity contribution in [2.75, 3.05) is 0 Å². The van der Waals surface area contributed by atoms with E-state index in [1.165, 1.54) is 21.4 Å². The summed E-state index contributed by atoms with van der Waals surface area (Å²) in [5.41, 5.74) is 8.81. The standard InChI is InChI=1S/C30H33N3S/c1-17-9-10-19-13-21(14-23(24(19)33-17)30(6,7)8)25-28-26(32-16-31-25)22-12-11-20(15-29(3,4)5)18(2)27(22)34-28/h9-14,16H,15H2,1-8H3/i16D. The van der Waals surface area contributed by atoms with Gasteiger partial charge in [-0.2, -0.15) is 0 Å². The molecule has 0 spiro atoms. The lowest BCUT2D eigenvalue weighted by atomic mass is 9.84. The second-order valence-corrected chi connectivity index (χ2v) is 12.7. The summed E-state index contributed by atoms with van der Waals surface area (Å²) in [4.78, 5) is 14.1. The topological polar surface area (TPSA) is 38.7 Å². The molecule has 0 amide bonds. The van der Waals surface area contributed by atoms with Crippen molar-refractivity contribution in [2.24, 2.45) is 5.41 Å². The largest absolute Gasteiger partial charge is 0.253 e. The van der Waals surface area contributed by atoms with Crippen molar-refractivity contribution in [1.29, 1.82) is 0 Å². The molecule has 34 heavy (non-hydrogen) atoms. The molecule has 0 fully saturated rings. The van der Waals surface area contributed by atoms with E-state index in [-0.39, 0.29) is 17.1 Å². The highest BCUT2D eigenvalue weighted by molar-refractivity contribution is 7.26. The Labute approximate surface area is 207 Å². The van der Waals surface area contributed by atoms with Crippen LogP contribution in [0.4, 0.5) is 0 Å². The number of benzene rings is 2. The van der Waals surface area contributed by atoms with Gasteiger partial charge in [0.15, 0.2) is 0 Å². The number of aromatic nitrogens is 3. The van der Waals surface area contributed by atoms with Crippen LogP contribution in [0.25, 0.3) is 42.5 Å². The summed E-state index contributed by atoms with van der Waals surface area (Å²) >= 11 is 1.76. The minimum Gasteiger partial charge on any atom is -0.253 e. The molecule has 0 saturated heterocycles. The Balaban J connectivity index is 1.81. The summed E-state index contributed by atoms with van der Waals surface area (Å²) in [5.74, 6) is 0. The molecule has 0 radical (unpaired) electrons. The first-order valence-corrected chi connectivity index (χ1v) is 12.7. The number of rotatable bonds is 2. The fourth-order valence-corrected chi connectivity index (χ4v) is 6.05. The van der Waals surface area contributed by atoms with Crippen LogP contribution in [0, 0.1) is 19.3 Å². The van der Waals surface area contributed by atoms with Crippen molar-refractivity contribution in [3.63, 3.8) is 0 Å². The molecule has 4 heteroatoms. The highest BCUT2D eigenvalue weighted by Gasteiger charge is 2.22. The Morgan fingerprint density at radius 1 is 0.882 bits per heavy atom. The predicted molar refractivity (Wildman–Crippen MR) is 147 cm³/mol. The van der Waals surface area contributed by atoms with Crippen LogP contribution in [0.5, 0.6) is 0 Å². The number of nitrogens with zero attached hydrogens (tertiary/aromatic N) is 3. The smallest absolute Gasteiger partial charge is 0.116 e. The number of hydrogen-bond acceptors (Lipinski definition) is 4. The van der Waals surface area contributed by atoms with Gasteiger partial charge in [-0.3, -0.25) is 4.98 Å². The average molecular weight is 469 g/mol. The van der Waals surface area contributed by atoms with Gasteiger partial charge in [-0.15, -0.1) is 11.3 Å². The van der Waals surface area contributed by atoms with E-state index in [9.17, 15) is 0 Å². The lowest BCUT2D eigenvalue weighted by Gasteiger charge is -2.22.